The van der Waals surface area contributed by atoms with E-state index in [1.54, 1.807) is 29.2 Å². The molecule has 1 aromatic carbocycles. The lowest BCUT2D eigenvalue weighted by Crippen LogP contribution is -2.28. The molecule has 25 heavy (non-hydrogen) atoms. The number of anilines is 2. The van der Waals surface area contributed by atoms with Crippen molar-refractivity contribution in [3.8, 4) is 17.2 Å². The van der Waals surface area contributed by atoms with Crippen molar-refractivity contribution in [2.75, 3.05) is 23.6 Å². The second-order valence-corrected chi connectivity index (χ2v) is 5.80. The van der Waals surface area contributed by atoms with Crippen molar-refractivity contribution < 1.29 is 24.2 Å². The first kappa shape index (κ1) is 15.3. The van der Waals surface area contributed by atoms with Crippen molar-refractivity contribution in [3.05, 3.63) is 36.5 Å². The Morgan fingerprint density at radius 2 is 2.12 bits per heavy atom. The molecule has 0 unspecified atom stereocenters. The number of rotatable bonds is 3. The molecule has 128 valence electrons. The Labute approximate surface area is 143 Å². The number of pyridine rings is 1. The van der Waals surface area contributed by atoms with Gasteiger partial charge in [0.2, 0.25) is 18.6 Å². The zero-order chi connectivity index (χ0) is 17.4. The van der Waals surface area contributed by atoms with Gasteiger partial charge in [-0.3, -0.25) is 9.59 Å². The summed E-state index contributed by atoms with van der Waals surface area (Å²) in [6, 6.07) is 8.22. The fourth-order valence-corrected chi connectivity index (χ4v) is 2.90. The Morgan fingerprint density at radius 3 is 2.96 bits per heavy atom. The van der Waals surface area contributed by atoms with Gasteiger partial charge in [-0.05, 0) is 24.3 Å². The average molecular weight is 341 g/mol. The van der Waals surface area contributed by atoms with Crippen LogP contribution in [-0.2, 0) is 9.59 Å². The molecular formula is C17H15N3O5. The number of ether oxygens (including phenoxy) is 2. The zero-order valence-corrected chi connectivity index (χ0v) is 13.1. The van der Waals surface area contributed by atoms with Crippen molar-refractivity contribution in [2.45, 2.75) is 6.42 Å². The predicted octanol–water partition coefficient (Wildman–Crippen LogP) is 1.51. The first-order chi connectivity index (χ1) is 12.1. The Bertz CT molecular complexity index is 854. The van der Waals surface area contributed by atoms with Gasteiger partial charge in [-0.1, -0.05) is 0 Å². The Morgan fingerprint density at radius 1 is 1.28 bits per heavy atom. The van der Waals surface area contributed by atoms with Crippen LogP contribution in [-0.4, -0.2) is 35.2 Å². The molecule has 1 saturated heterocycles. The van der Waals surface area contributed by atoms with E-state index in [1.165, 1.54) is 12.3 Å². The summed E-state index contributed by atoms with van der Waals surface area (Å²) in [4.78, 5) is 30.2. The highest BCUT2D eigenvalue weighted by molar-refractivity contribution is 6.03. The minimum absolute atomic E-state index is 0.0847. The lowest BCUT2D eigenvalue weighted by Gasteiger charge is -2.17. The number of hydrogen-bond donors (Lipinski definition) is 2. The summed E-state index contributed by atoms with van der Waals surface area (Å²) in [5.41, 5.74) is 0.658. The van der Waals surface area contributed by atoms with Gasteiger partial charge in [0, 0.05) is 30.9 Å². The molecule has 1 aromatic heterocycles. The van der Waals surface area contributed by atoms with Crippen LogP contribution in [0.1, 0.15) is 6.42 Å². The number of nitrogens with zero attached hydrogens (tertiary/aromatic N) is 2. The van der Waals surface area contributed by atoms with E-state index in [2.05, 4.69) is 10.3 Å². The van der Waals surface area contributed by atoms with Crippen molar-refractivity contribution in [1.82, 2.24) is 4.98 Å². The second kappa shape index (κ2) is 5.97. The third kappa shape index (κ3) is 2.82. The molecule has 0 bridgehead atoms. The van der Waals surface area contributed by atoms with Crippen LogP contribution >= 0.6 is 0 Å². The fourth-order valence-electron chi connectivity index (χ4n) is 2.90. The molecular weight excluding hydrogens is 326 g/mol. The molecule has 0 spiro atoms. The van der Waals surface area contributed by atoms with Gasteiger partial charge in [0.05, 0.1) is 5.92 Å². The minimum Gasteiger partial charge on any atom is -0.504 e. The number of fused-ring (bicyclic) bond motifs is 1. The van der Waals surface area contributed by atoms with Gasteiger partial charge in [-0.15, -0.1) is 0 Å². The topological polar surface area (TPSA) is 101 Å². The highest BCUT2D eigenvalue weighted by Crippen LogP contribution is 2.37. The van der Waals surface area contributed by atoms with Gasteiger partial charge >= 0.3 is 0 Å². The molecule has 0 aliphatic carbocycles. The molecule has 8 heteroatoms. The monoisotopic (exact) mass is 341 g/mol. The van der Waals surface area contributed by atoms with Crippen LogP contribution < -0.4 is 19.7 Å². The summed E-state index contributed by atoms with van der Waals surface area (Å²) in [6.45, 7) is 0.406. The van der Waals surface area contributed by atoms with E-state index in [9.17, 15) is 14.7 Å². The Kier molecular flexibility index (Phi) is 3.64. The maximum absolute atomic E-state index is 12.4. The van der Waals surface area contributed by atoms with Crippen LogP contribution in [0.25, 0.3) is 0 Å². The number of benzene rings is 1. The predicted molar refractivity (Wildman–Crippen MR) is 87.6 cm³/mol. The summed E-state index contributed by atoms with van der Waals surface area (Å²) in [6.07, 6.45) is 1.56. The third-order valence-corrected chi connectivity index (χ3v) is 4.19. The summed E-state index contributed by atoms with van der Waals surface area (Å²) in [5, 5.41) is 12.3. The van der Waals surface area contributed by atoms with Crippen LogP contribution in [0.15, 0.2) is 36.5 Å². The van der Waals surface area contributed by atoms with Gasteiger partial charge in [-0.25, -0.2) is 4.98 Å². The van der Waals surface area contributed by atoms with E-state index in [0.29, 0.717) is 17.2 Å². The smallest absolute Gasteiger partial charge is 0.231 e. The fraction of sp³-hybridized carbons (Fsp3) is 0.235. The molecule has 8 nitrogen and oxygen atoms in total. The summed E-state index contributed by atoms with van der Waals surface area (Å²) in [7, 11) is 0. The molecule has 2 aliphatic heterocycles. The Balaban J connectivity index is 1.48. The number of carbonyl (C=O) groups excluding carboxylic acids is 2. The number of carbonyl (C=O) groups is 2. The molecule has 2 amide bonds. The van der Waals surface area contributed by atoms with E-state index in [1.807, 2.05) is 0 Å². The quantitative estimate of drug-likeness (QED) is 0.877. The van der Waals surface area contributed by atoms with Gasteiger partial charge in [0.25, 0.3) is 0 Å². The molecule has 3 heterocycles. The minimum atomic E-state index is -0.528. The van der Waals surface area contributed by atoms with Gasteiger partial charge in [0.15, 0.2) is 23.1 Å². The third-order valence-electron chi connectivity index (χ3n) is 4.19. The summed E-state index contributed by atoms with van der Waals surface area (Å²) >= 11 is 0. The van der Waals surface area contributed by atoms with Crippen LogP contribution in [0.2, 0.25) is 0 Å². The van der Waals surface area contributed by atoms with E-state index in [-0.39, 0.29) is 43.1 Å². The van der Waals surface area contributed by atoms with Crippen molar-refractivity contribution in [1.29, 1.82) is 0 Å². The number of hydrogen-bond acceptors (Lipinski definition) is 6. The van der Waals surface area contributed by atoms with Gasteiger partial charge < -0.3 is 24.8 Å². The second-order valence-electron chi connectivity index (χ2n) is 5.80. The SMILES string of the molecule is O=C(Nc1ncccc1O)[C@@H]1CC(=O)N(c2ccc3c(c2)OCO3)C1. The molecule has 0 radical (unpaired) electrons. The number of aromatic hydroxyl groups is 1. The van der Waals surface area contributed by atoms with E-state index in [4.69, 9.17) is 9.47 Å². The lowest BCUT2D eigenvalue weighted by atomic mass is 10.1. The normalized spacial score (nSPS) is 18.5. The molecule has 4 rings (SSSR count). The molecule has 1 fully saturated rings. The highest BCUT2D eigenvalue weighted by Gasteiger charge is 2.36. The van der Waals surface area contributed by atoms with Gasteiger partial charge in [-0.2, -0.15) is 0 Å². The Hall–Kier alpha value is -3.29. The van der Waals surface area contributed by atoms with E-state index in [0.717, 1.165) is 0 Å². The summed E-state index contributed by atoms with van der Waals surface area (Å²) < 4.78 is 10.6. The maximum Gasteiger partial charge on any atom is 0.231 e. The van der Waals surface area contributed by atoms with Crippen molar-refractivity contribution in [3.63, 3.8) is 0 Å². The van der Waals surface area contributed by atoms with Crippen LogP contribution in [0.3, 0.4) is 0 Å². The first-order valence-corrected chi connectivity index (χ1v) is 7.76. The van der Waals surface area contributed by atoms with Gasteiger partial charge in [0.1, 0.15) is 0 Å². The highest BCUT2D eigenvalue weighted by atomic mass is 16.7. The number of amides is 2. The largest absolute Gasteiger partial charge is 0.504 e. The number of aromatic nitrogens is 1. The van der Waals surface area contributed by atoms with Crippen LogP contribution in [0.5, 0.6) is 17.2 Å². The van der Waals surface area contributed by atoms with Crippen LogP contribution in [0, 0.1) is 5.92 Å². The maximum atomic E-state index is 12.4. The molecule has 1 atom stereocenters. The first-order valence-electron chi connectivity index (χ1n) is 7.76. The van der Waals surface area contributed by atoms with Crippen LogP contribution in [0.4, 0.5) is 11.5 Å². The van der Waals surface area contributed by atoms with E-state index >= 15 is 0 Å². The molecule has 0 saturated carbocycles. The standard InChI is InChI=1S/C17H15N3O5/c21-12-2-1-5-18-16(12)19-17(23)10-6-15(22)20(8-10)11-3-4-13-14(7-11)25-9-24-13/h1-5,7,10,21H,6,8-9H2,(H,18,19,23)/t10-/m1/s1. The molecule has 2 aromatic rings. The van der Waals surface area contributed by atoms with Crippen molar-refractivity contribution in [2.24, 2.45) is 5.92 Å². The van der Waals surface area contributed by atoms with Crippen molar-refractivity contribution >= 4 is 23.3 Å². The lowest BCUT2D eigenvalue weighted by molar-refractivity contribution is -0.122. The van der Waals surface area contributed by atoms with E-state index < -0.39 is 5.92 Å². The average Bonchev–Trinajstić information content (AvgIpc) is 3.22. The molecule has 2 aliphatic rings. The zero-order valence-electron chi connectivity index (χ0n) is 13.1. The summed E-state index contributed by atoms with van der Waals surface area (Å²) in [5.74, 6) is 0.149. The molecule has 2 N–H and O–H groups in total. The number of nitrogens with one attached hydrogen (secondary N) is 1.